The average molecular weight is 443 g/mol. The first kappa shape index (κ1) is 21.0. The molecule has 2 aromatic carbocycles. The molecule has 0 saturated carbocycles. The van der Waals surface area contributed by atoms with Crippen molar-refractivity contribution in [2.45, 2.75) is 19.6 Å². The number of hydrogen-bond acceptors (Lipinski definition) is 7. The quantitative estimate of drug-likeness (QED) is 0.494. The summed E-state index contributed by atoms with van der Waals surface area (Å²) in [6.45, 7) is 3.43. The van der Waals surface area contributed by atoms with Crippen molar-refractivity contribution >= 4 is 11.5 Å². The molecule has 1 aliphatic heterocycles. The molecule has 1 aliphatic rings. The Morgan fingerprint density at radius 3 is 2.70 bits per heavy atom. The number of pyridine rings is 1. The van der Waals surface area contributed by atoms with Gasteiger partial charge in [0.2, 0.25) is 5.88 Å². The van der Waals surface area contributed by atoms with E-state index in [9.17, 15) is 0 Å². The van der Waals surface area contributed by atoms with Gasteiger partial charge < -0.3 is 14.8 Å². The van der Waals surface area contributed by atoms with Crippen LogP contribution in [-0.4, -0.2) is 45.4 Å². The third-order valence-corrected chi connectivity index (χ3v) is 5.59. The largest absolute Gasteiger partial charge is 0.494 e. The van der Waals surface area contributed by atoms with Crippen LogP contribution in [0.15, 0.2) is 67.0 Å². The first-order valence-corrected chi connectivity index (χ1v) is 10.8. The number of rotatable bonds is 5. The lowest BCUT2D eigenvalue weighted by molar-refractivity contribution is 0.160. The smallest absolute Gasteiger partial charge is 0.220 e. The van der Waals surface area contributed by atoms with Crippen molar-refractivity contribution in [1.29, 1.82) is 0 Å². The van der Waals surface area contributed by atoms with E-state index in [1.807, 2.05) is 49.4 Å². The maximum Gasteiger partial charge on any atom is 0.220 e. The molecule has 5 rings (SSSR count). The van der Waals surface area contributed by atoms with E-state index in [0.29, 0.717) is 23.3 Å². The molecule has 2 aromatic heterocycles. The van der Waals surface area contributed by atoms with E-state index in [2.05, 4.69) is 45.5 Å². The number of hydrogen-bond donors (Lipinski definition) is 1. The Kier molecular flexibility index (Phi) is 5.66. The molecule has 168 valence electrons. The van der Waals surface area contributed by atoms with E-state index >= 15 is 0 Å². The molecule has 0 unspecified atom stereocenters. The number of likely N-dealkylation sites (N-methyl/N-ethyl adjacent to an activating group) is 1. The number of aryl methyl sites for hydroxylation is 1. The predicted octanol–water partition coefficient (Wildman–Crippen LogP) is 4.29. The van der Waals surface area contributed by atoms with Gasteiger partial charge in [0.25, 0.3) is 0 Å². The van der Waals surface area contributed by atoms with Crippen LogP contribution in [0.1, 0.15) is 23.1 Å². The van der Waals surface area contributed by atoms with Crippen molar-refractivity contribution in [1.82, 2.24) is 24.6 Å². The number of fused-ring (bicyclic) bond motifs is 1. The fourth-order valence-corrected chi connectivity index (χ4v) is 3.97. The van der Waals surface area contributed by atoms with Gasteiger partial charge in [0, 0.05) is 30.4 Å². The van der Waals surface area contributed by atoms with Crippen molar-refractivity contribution < 1.29 is 9.47 Å². The number of benzene rings is 2. The summed E-state index contributed by atoms with van der Waals surface area (Å²) in [5, 5.41) is 7.74. The summed E-state index contributed by atoms with van der Waals surface area (Å²) < 4.78 is 13.7. The molecule has 3 heterocycles. The number of ether oxygens (including phenoxy) is 2. The van der Waals surface area contributed by atoms with Crippen LogP contribution in [0.4, 0.5) is 11.5 Å². The number of nitrogens with one attached hydrogen (secondary N) is 1. The minimum absolute atomic E-state index is 0.0780. The third kappa shape index (κ3) is 4.51. The highest BCUT2D eigenvalue weighted by molar-refractivity contribution is 5.63. The molecule has 8 heteroatoms. The van der Waals surface area contributed by atoms with Gasteiger partial charge in [-0.2, -0.15) is 10.1 Å². The standard InChI is InChI=1S/C25H26N6O2/c1-17-26-16-31(29-17)21-11-10-20(13-22(21)32-3)27-24-12-9-19-14-30(2)15-23(33-25(19)28-24)18-7-5-4-6-8-18/h4-13,16,23H,14-15H2,1-3H3,(H,27,28)/t23-/m0/s1. The van der Waals surface area contributed by atoms with Crippen molar-refractivity contribution in [3.8, 4) is 17.3 Å². The van der Waals surface area contributed by atoms with Crippen LogP contribution in [0.2, 0.25) is 0 Å². The van der Waals surface area contributed by atoms with Gasteiger partial charge in [0.1, 0.15) is 35.5 Å². The Hall–Kier alpha value is -3.91. The van der Waals surface area contributed by atoms with Gasteiger partial charge in [0.15, 0.2) is 0 Å². The van der Waals surface area contributed by atoms with Gasteiger partial charge in [0.05, 0.1) is 7.11 Å². The fraction of sp³-hybridized carbons (Fsp3) is 0.240. The van der Waals surface area contributed by atoms with Gasteiger partial charge in [-0.15, -0.1) is 0 Å². The first-order chi connectivity index (χ1) is 16.1. The van der Waals surface area contributed by atoms with E-state index in [1.54, 1.807) is 18.1 Å². The van der Waals surface area contributed by atoms with Crippen LogP contribution >= 0.6 is 0 Å². The Bertz CT molecular complexity index is 1260. The molecule has 0 amide bonds. The lowest BCUT2D eigenvalue weighted by Crippen LogP contribution is -2.24. The van der Waals surface area contributed by atoms with E-state index in [4.69, 9.17) is 14.5 Å². The lowest BCUT2D eigenvalue weighted by atomic mass is 10.1. The highest BCUT2D eigenvalue weighted by atomic mass is 16.5. The minimum Gasteiger partial charge on any atom is -0.494 e. The molecule has 1 N–H and O–H groups in total. The van der Waals surface area contributed by atoms with E-state index in [1.165, 1.54) is 0 Å². The van der Waals surface area contributed by atoms with Gasteiger partial charge in [-0.25, -0.2) is 9.67 Å². The maximum atomic E-state index is 6.38. The molecule has 0 fully saturated rings. The highest BCUT2D eigenvalue weighted by Crippen LogP contribution is 2.32. The normalized spacial score (nSPS) is 15.9. The number of methoxy groups -OCH3 is 1. The molecule has 33 heavy (non-hydrogen) atoms. The lowest BCUT2D eigenvalue weighted by Gasteiger charge is -2.20. The number of nitrogens with zero attached hydrogens (tertiary/aromatic N) is 5. The molecule has 0 spiro atoms. The molecule has 0 bridgehead atoms. The Balaban J connectivity index is 1.41. The van der Waals surface area contributed by atoms with Crippen LogP contribution in [-0.2, 0) is 6.54 Å². The Morgan fingerprint density at radius 1 is 1.09 bits per heavy atom. The molecular weight excluding hydrogens is 416 g/mol. The van der Waals surface area contributed by atoms with E-state index in [0.717, 1.165) is 35.6 Å². The zero-order valence-corrected chi connectivity index (χ0v) is 18.9. The van der Waals surface area contributed by atoms with Crippen molar-refractivity contribution in [3.63, 3.8) is 0 Å². The summed E-state index contributed by atoms with van der Waals surface area (Å²) in [6.07, 6.45) is 1.59. The number of aromatic nitrogens is 4. The SMILES string of the molecule is COc1cc(Nc2ccc3c(n2)O[C@H](c2ccccc2)CN(C)C3)ccc1-n1cnc(C)n1. The van der Waals surface area contributed by atoms with Crippen LogP contribution in [0.3, 0.4) is 0 Å². The molecule has 0 radical (unpaired) electrons. The molecule has 4 aromatic rings. The molecule has 0 aliphatic carbocycles. The van der Waals surface area contributed by atoms with Crippen LogP contribution in [0.25, 0.3) is 5.69 Å². The maximum absolute atomic E-state index is 6.38. The van der Waals surface area contributed by atoms with E-state index < -0.39 is 0 Å². The summed E-state index contributed by atoms with van der Waals surface area (Å²) in [4.78, 5) is 11.2. The van der Waals surface area contributed by atoms with Crippen molar-refractivity contribution in [2.75, 3.05) is 26.0 Å². The van der Waals surface area contributed by atoms with Gasteiger partial charge in [-0.3, -0.25) is 4.90 Å². The van der Waals surface area contributed by atoms with Crippen molar-refractivity contribution in [3.05, 3.63) is 83.9 Å². The molecule has 0 saturated heterocycles. The minimum atomic E-state index is -0.0780. The second kappa shape index (κ2) is 8.91. The van der Waals surface area contributed by atoms with Gasteiger partial charge in [-0.1, -0.05) is 30.3 Å². The number of anilines is 2. The van der Waals surface area contributed by atoms with Crippen molar-refractivity contribution in [2.24, 2.45) is 0 Å². The zero-order chi connectivity index (χ0) is 22.8. The summed E-state index contributed by atoms with van der Waals surface area (Å²) in [5.41, 5.74) is 3.87. The zero-order valence-electron chi connectivity index (χ0n) is 18.9. The first-order valence-electron chi connectivity index (χ1n) is 10.8. The second-order valence-corrected chi connectivity index (χ2v) is 8.12. The summed E-state index contributed by atoms with van der Waals surface area (Å²) in [6, 6.07) is 20.1. The molecule has 1 atom stereocenters. The summed E-state index contributed by atoms with van der Waals surface area (Å²) >= 11 is 0. The monoisotopic (exact) mass is 442 g/mol. The van der Waals surface area contributed by atoms with Gasteiger partial charge >= 0.3 is 0 Å². The third-order valence-electron chi connectivity index (χ3n) is 5.59. The van der Waals surface area contributed by atoms with Crippen LogP contribution in [0, 0.1) is 6.92 Å². The molecule has 8 nitrogen and oxygen atoms in total. The van der Waals surface area contributed by atoms with Crippen LogP contribution < -0.4 is 14.8 Å². The van der Waals surface area contributed by atoms with E-state index in [-0.39, 0.29) is 6.10 Å². The predicted molar refractivity (Wildman–Crippen MR) is 126 cm³/mol. The molecular formula is C25H26N6O2. The summed E-state index contributed by atoms with van der Waals surface area (Å²) in [5.74, 6) is 2.74. The Morgan fingerprint density at radius 2 is 1.94 bits per heavy atom. The second-order valence-electron chi connectivity index (χ2n) is 8.12. The fourth-order valence-electron chi connectivity index (χ4n) is 3.97. The summed E-state index contributed by atoms with van der Waals surface area (Å²) in [7, 11) is 3.74. The van der Waals surface area contributed by atoms with Crippen LogP contribution in [0.5, 0.6) is 11.6 Å². The highest BCUT2D eigenvalue weighted by Gasteiger charge is 2.23. The average Bonchev–Trinajstić information content (AvgIpc) is 3.18. The van der Waals surface area contributed by atoms with Gasteiger partial charge in [-0.05, 0) is 43.8 Å². The topological polar surface area (TPSA) is 77.3 Å². The Labute approximate surface area is 192 Å².